The first kappa shape index (κ1) is 8.34. The van der Waals surface area contributed by atoms with Crippen LogP contribution in [0, 0.1) is 0 Å². The number of hydrogen-bond donors (Lipinski definition) is 0. The maximum absolute atomic E-state index is 4.92. The number of likely N-dealkylation sites (N-methyl/N-ethyl adjacent to an activating group) is 1. The highest BCUT2D eigenvalue weighted by atomic mass is 16.5. The number of rotatable bonds is 0. The minimum absolute atomic E-state index is 0.826. The molecule has 0 bridgehead atoms. The Morgan fingerprint density at radius 1 is 1.44 bits per heavy atom. The molecule has 0 aromatic heterocycles. The summed E-state index contributed by atoms with van der Waals surface area (Å²) in [4.78, 5) is 2.09. The third kappa shape index (κ3) is 3.88. The third-order valence-corrected chi connectivity index (χ3v) is 0.973. The van der Waals surface area contributed by atoms with E-state index in [-0.39, 0.29) is 0 Å². The van der Waals surface area contributed by atoms with Crippen molar-refractivity contribution in [3.05, 3.63) is 12.5 Å². The van der Waals surface area contributed by atoms with Crippen molar-refractivity contribution in [1.29, 1.82) is 0 Å². The van der Waals surface area contributed by atoms with Crippen LogP contribution in [-0.4, -0.2) is 25.1 Å². The zero-order chi connectivity index (χ0) is 7.11. The SMILES string of the molecule is CC.CN1C=COCC1. The quantitative estimate of drug-likeness (QED) is 0.491. The second-order valence-corrected chi connectivity index (χ2v) is 1.64. The number of ether oxygens (including phenoxy) is 1. The lowest BCUT2D eigenvalue weighted by Gasteiger charge is -2.16. The predicted octanol–water partition coefficient (Wildman–Crippen LogP) is 1.45. The summed E-state index contributed by atoms with van der Waals surface area (Å²) in [6.07, 6.45) is 3.63. The van der Waals surface area contributed by atoms with Crippen LogP contribution in [0.25, 0.3) is 0 Å². The van der Waals surface area contributed by atoms with E-state index in [0.717, 1.165) is 13.2 Å². The van der Waals surface area contributed by atoms with Crippen LogP contribution in [0.4, 0.5) is 0 Å². The Labute approximate surface area is 57.1 Å². The van der Waals surface area contributed by atoms with E-state index in [0.29, 0.717) is 0 Å². The van der Waals surface area contributed by atoms with Crippen molar-refractivity contribution in [2.24, 2.45) is 0 Å². The second-order valence-electron chi connectivity index (χ2n) is 1.64. The molecule has 0 radical (unpaired) electrons. The average molecular weight is 129 g/mol. The Morgan fingerprint density at radius 2 is 2.11 bits per heavy atom. The molecular weight excluding hydrogens is 114 g/mol. The van der Waals surface area contributed by atoms with E-state index >= 15 is 0 Å². The van der Waals surface area contributed by atoms with Crippen LogP contribution >= 0.6 is 0 Å². The molecule has 0 fully saturated rings. The van der Waals surface area contributed by atoms with Crippen LogP contribution in [0.5, 0.6) is 0 Å². The van der Waals surface area contributed by atoms with Crippen LogP contribution in [0.3, 0.4) is 0 Å². The van der Waals surface area contributed by atoms with Gasteiger partial charge in [0.15, 0.2) is 0 Å². The minimum atomic E-state index is 0.826. The first-order valence-corrected chi connectivity index (χ1v) is 3.38. The number of nitrogens with zero attached hydrogens (tertiary/aromatic N) is 1. The molecule has 1 aliphatic heterocycles. The highest BCUT2D eigenvalue weighted by Gasteiger charge is 1.93. The molecule has 0 aliphatic carbocycles. The van der Waals surface area contributed by atoms with Gasteiger partial charge in [-0.05, 0) is 0 Å². The molecule has 0 spiro atoms. The van der Waals surface area contributed by atoms with Gasteiger partial charge in [0.2, 0.25) is 0 Å². The van der Waals surface area contributed by atoms with E-state index in [4.69, 9.17) is 4.74 Å². The van der Waals surface area contributed by atoms with E-state index < -0.39 is 0 Å². The molecule has 0 unspecified atom stereocenters. The molecule has 1 heterocycles. The normalized spacial score (nSPS) is 15.7. The largest absolute Gasteiger partial charge is 0.498 e. The van der Waals surface area contributed by atoms with Gasteiger partial charge in [-0.25, -0.2) is 0 Å². The Morgan fingerprint density at radius 3 is 2.33 bits per heavy atom. The summed E-state index contributed by atoms with van der Waals surface area (Å²) in [5.41, 5.74) is 0. The van der Waals surface area contributed by atoms with Crippen LogP contribution in [0.15, 0.2) is 12.5 Å². The fraction of sp³-hybridized carbons (Fsp3) is 0.714. The summed E-state index contributed by atoms with van der Waals surface area (Å²) in [6, 6.07) is 0. The molecule has 2 heteroatoms. The van der Waals surface area contributed by atoms with Crippen molar-refractivity contribution in [3.63, 3.8) is 0 Å². The van der Waals surface area contributed by atoms with Gasteiger partial charge in [-0.1, -0.05) is 13.8 Å². The smallest absolute Gasteiger partial charge is 0.105 e. The van der Waals surface area contributed by atoms with Gasteiger partial charge in [-0.15, -0.1) is 0 Å². The molecule has 1 aliphatic rings. The molecule has 2 nitrogen and oxygen atoms in total. The Bertz CT molecular complexity index is 81.0. The first-order chi connectivity index (χ1) is 4.39. The van der Waals surface area contributed by atoms with Crippen molar-refractivity contribution >= 4 is 0 Å². The molecule has 54 valence electrons. The van der Waals surface area contributed by atoms with E-state index in [2.05, 4.69) is 4.90 Å². The summed E-state index contributed by atoms with van der Waals surface area (Å²) < 4.78 is 4.92. The lowest BCUT2D eigenvalue weighted by atomic mass is 10.6. The Kier molecular flexibility index (Phi) is 5.07. The molecule has 0 saturated heterocycles. The average Bonchev–Trinajstić information content (AvgIpc) is 1.94. The van der Waals surface area contributed by atoms with Gasteiger partial charge in [0.1, 0.15) is 6.61 Å². The fourth-order valence-corrected chi connectivity index (χ4v) is 0.486. The van der Waals surface area contributed by atoms with Crippen molar-refractivity contribution in [2.75, 3.05) is 20.2 Å². The van der Waals surface area contributed by atoms with Crippen molar-refractivity contribution in [2.45, 2.75) is 13.8 Å². The van der Waals surface area contributed by atoms with Crippen molar-refractivity contribution < 1.29 is 4.74 Å². The lowest BCUT2D eigenvalue weighted by molar-refractivity contribution is 0.188. The van der Waals surface area contributed by atoms with E-state index in [9.17, 15) is 0 Å². The molecule has 0 amide bonds. The van der Waals surface area contributed by atoms with Crippen LogP contribution in [0.1, 0.15) is 13.8 Å². The van der Waals surface area contributed by atoms with Crippen molar-refractivity contribution in [1.82, 2.24) is 4.90 Å². The van der Waals surface area contributed by atoms with E-state index in [1.807, 2.05) is 27.1 Å². The summed E-state index contributed by atoms with van der Waals surface area (Å²) in [5.74, 6) is 0. The van der Waals surface area contributed by atoms with Crippen molar-refractivity contribution in [3.8, 4) is 0 Å². The summed E-state index contributed by atoms with van der Waals surface area (Å²) >= 11 is 0. The second kappa shape index (κ2) is 5.48. The highest BCUT2D eigenvalue weighted by Crippen LogP contribution is 1.91. The first-order valence-electron chi connectivity index (χ1n) is 3.38. The van der Waals surface area contributed by atoms with E-state index in [1.54, 1.807) is 6.26 Å². The zero-order valence-corrected chi connectivity index (χ0v) is 6.42. The van der Waals surface area contributed by atoms with Crippen LogP contribution < -0.4 is 0 Å². The van der Waals surface area contributed by atoms with Crippen LogP contribution in [0.2, 0.25) is 0 Å². The summed E-state index contributed by atoms with van der Waals surface area (Å²) in [6.45, 7) is 5.84. The standard InChI is InChI=1S/C5H9NO.C2H6/c1-6-2-4-7-5-3-6;1-2/h2,4H,3,5H2,1H3;1-2H3. The van der Waals surface area contributed by atoms with Crippen LogP contribution in [-0.2, 0) is 4.74 Å². The molecular formula is C7H15NO. The fourth-order valence-electron chi connectivity index (χ4n) is 0.486. The topological polar surface area (TPSA) is 12.5 Å². The Balaban J connectivity index is 0.000000291. The minimum Gasteiger partial charge on any atom is -0.498 e. The number of hydrogen-bond acceptors (Lipinski definition) is 2. The van der Waals surface area contributed by atoms with Gasteiger partial charge in [0, 0.05) is 13.2 Å². The predicted molar refractivity (Wildman–Crippen MR) is 39.1 cm³/mol. The van der Waals surface area contributed by atoms with Gasteiger partial charge in [-0.3, -0.25) is 0 Å². The lowest BCUT2D eigenvalue weighted by Crippen LogP contribution is -2.19. The van der Waals surface area contributed by atoms with Gasteiger partial charge >= 0.3 is 0 Å². The summed E-state index contributed by atoms with van der Waals surface area (Å²) in [7, 11) is 2.03. The molecule has 0 atom stereocenters. The molecule has 9 heavy (non-hydrogen) atoms. The maximum atomic E-state index is 4.92. The van der Waals surface area contributed by atoms with Gasteiger partial charge in [0.25, 0.3) is 0 Å². The third-order valence-electron chi connectivity index (χ3n) is 0.973. The highest BCUT2D eigenvalue weighted by molar-refractivity contribution is 4.76. The monoisotopic (exact) mass is 129 g/mol. The molecule has 0 aromatic carbocycles. The zero-order valence-electron chi connectivity index (χ0n) is 6.42. The van der Waals surface area contributed by atoms with E-state index in [1.165, 1.54) is 0 Å². The Hall–Kier alpha value is -0.660. The van der Waals surface area contributed by atoms with Gasteiger partial charge in [0.05, 0.1) is 12.8 Å². The molecule has 0 N–H and O–H groups in total. The van der Waals surface area contributed by atoms with Gasteiger partial charge in [-0.2, -0.15) is 0 Å². The molecule has 1 rings (SSSR count). The summed E-state index contributed by atoms with van der Waals surface area (Å²) in [5, 5.41) is 0. The molecule has 0 saturated carbocycles. The van der Waals surface area contributed by atoms with Gasteiger partial charge < -0.3 is 9.64 Å². The maximum Gasteiger partial charge on any atom is 0.105 e. The molecule has 0 aromatic rings.